The van der Waals surface area contributed by atoms with E-state index in [1.807, 2.05) is 24.3 Å². The van der Waals surface area contributed by atoms with Crippen LogP contribution >= 0.6 is 28.3 Å². The molecule has 1 fully saturated rings. The molecule has 19 heavy (non-hydrogen) atoms. The van der Waals surface area contributed by atoms with E-state index in [-0.39, 0.29) is 24.4 Å². The zero-order valence-electron chi connectivity index (χ0n) is 10.5. The maximum atomic E-state index is 11.6. The van der Waals surface area contributed by atoms with E-state index in [4.69, 9.17) is 4.74 Å². The van der Waals surface area contributed by atoms with Crippen molar-refractivity contribution in [3.8, 4) is 5.75 Å². The first kappa shape index (κ1) is 16.3. The number of amides is 1. The highest BCUT2D eigenvalue weighted by molar-refractivity contribution is 9.10. The molecular weight excluding hydrogens is 332 g/mol. The van der Waals surface area contributed by atoms with Gasteiger partial charge in [0.15, 0.2) is 0 Å². The second kappa shape index (κ2) is 8.40. The predicted octanol–water partition coefficient (Wildman–Crippen LogP) is 2.12. The highest BCUT2D eigenvalue weighted by atomic mass is 79.9. The Hall–Kier alpha value is -0.780. The van der Waals surface area contributed by atoms with Crippen LogP contribution in [0.5, 0.6) is 5.75 Å². The molecule has 0 bridgehead atoms. The minimum Gasteiger partial charge on any atom is -0.493 e. The van der Waals surface area contributed by atoms with Crippen LogP contribution in [0.1, 0.15) is 12.8 Å². The molecule has 6 heteroatoms. The van der Waals surface area contributed by atoms with Crippen LogP contribution in [-0.4, -0.2) is 31.6 Å². The third kappa shape index (κ3) is 5.80. The first-order valence-corrected chi connectivity index (χ1v) is 6.92. The van der Waals surface area contributed by atoms with Gasteiger partial charge in [-0.05, 0) is 31.2 Å². The highest BCUT2D eigenvalue weighted by Crippen LogP contribution is 2.17. The molecule has 0 spiro atoms. The monoisotopic (exact) mass is 348 g/mol. The minimum absolute atomic E-state index is 0. The fourth-order valence-corrected chi connectivity index (χ4v) is 2.27. The van der Waals surface area contributed by atoms with Gasteiger partial charge in [0.05, 0.1) is 13.0 Å². The van der Waals surface area contributed by atoms with Crippen molar-refractivity contribution in [3.05, 3.63) is 28.7 Å². The first-order valence-electron chi connectivity index (χ1n) is 6.12. The molecule has 1 atom stereocenters. The van der Waals surface area contributed by atoms with Crippen LogP contribution < -0.4 is 15.4 Å². The van der Waals surface area contributed by atoms with Crippen molar-refractivity contribution >= 4 is 34.2 Å². The van der Waals surface area contributed by atoms with E-state index in [1.165, 1.54) is 0 Å². The van der Waals surface area contributed by atoms with Crippen LogP contribution in [0.25, 0.3) is 0 Å². The lowest BCUT2D eigenvalue weighted by Crippen LogP contribution is -2.36. The van der Waals surface area contributed by atoms with Gasteiger partial charge in [0.1, 0.15) is 5.75 Å². The molecule has 1 aliphatic rings. The molecule has 106 valence electrons. The molecule has 0 aromatic heterocycles. The van der Waals surface area contributed by atoms with Gasteiger partial charge in [-0.2, -0.15) is 0 Å². The van der Waals surface area contributed by atoms with E-state index in [9.17, 15) is 4.79 Å². The molecule has 0 radical (unpaired) electrons. The number of benzene rings is 1. The molecule has 1 aromatic carbocycles. The summed E-state index contributed by atoms with van der Waals surface area (Å²) < 4.78 is 6.49. The third-order valence-electron chi connectivity index (χ3n) is 2.82. The van der Waals surface area contributed by atoms with E-state index in [1.54, 1.807) is 0 Å². The summed E-state index contributed by atoms with van der Waals surface area (Å²) in [5.74, 6) is 0.832. The van der Waals surface area contributed by atoms with E-state index < -0.39 is 0 Å². The van der Waals surface area contributed by atoms with E-state index in [0.717, 1.165) is 29.7 Å². The Morgan fingerprint density at radius 1 is 1.53 bits per heavy atom. The van der Waals surface area contributed by atoms with Gasteiger partial charge in [-0.15, -0.1) is 12.4 Å². The van der Waals surface area contributed by atoms with E-state index >= 15 is 0 Å². The van der Waals surface area contributed by atoms with Crippen LogP contribution in [0.2, 0.25) is 0 Å². The van der Waals surface area contributed by atoms with E-state index in [0.29, 0.717) is 13.0 Å². The molecule has 1 heterocycles. The van der Waals surface area contributed by atoms with Crippen LogP contribution in [0.4, 0.5) is 0 Å². The van der Waals surface area contributed by atoms with Gasteiger partial charge in [-0.3, -0.25) is 4.79 Å². The summed E-state index contributed by atoms with van der Waals surface area (Å²) in [6.07, 6.45) is 1.40. The van der Waals surface area contributed by atoms with Crippen molar-refractivity contribution in [2.24, 2.45) is 0 Å². The average Bonchev–Trinajstić information content (AvgIpc) is 2.82. The number of carbonyl (C=O) groups is 1. The van der Waals surface area contributed by atoms with Gasteiger partial charge in [0, 0.05) is 17.1 Å². The summed E-state index contributed by atoms with van der Waals surface area (Å²) in [4.78, 5) is 11.6. The number of halogens is 2. The van der Waals surface area contributed by atoms with Gasteiger partial charge in [0.2, 0.25) is 5.91 Å². The predicted molar refractivity (Wildman–Crippen MR) is 80.9 cm³/mol. The molecule has 1 aliphatic heterocycles. The first-order chi connectivity index (χ1) is 8.74. The van der Waals surface area contributed by atoms with Gasteiger partial charge in [-0.1, -0.05) is 22.0 Å². The fourth-order valence-electron chi connectivity index (χ4n) is 1.90. The summed E-state index contributed by atoms with van der Waals surface area (Å²) in [5.41, 5.74) is 0. The smallest absolute Gasteiger partial charge is 0.223 e. The van der Waals surface area contributed by atoms with Gasteiger partial charge in [-0.25, -0.2) is 0 Å². The normalized spacial score (nSPS) is 17.6. The van der Waals surface area contributed by atoms with Crippen molar-refractivity contribution < 1.29 is 9.53 Å². The lowest BCUT2D eigenvalue weighted by Gasteiger charge is -2.11. The SMILES string of the molecule is Cl.O=C(CCOc1cccc(Br)c1)NC1CCNC1. The van der Waals surface area contributed by atoms with Crippen LogP contribution in [0, 0.1) is 0 Å². The largest absolute Gasteiger partial charge is 0.493 e. The number of carbonyl (C=O) groups excluding carboxylic acids is 1. The maximum Gasteiger partial charge on any atom is 0.223 e. The Kier molecular flexibility index (Phi) is 7.20. The van der Waals surface area contributed by atoms with Crippen LogP contribution in [0.3, 0.4) is 0 Å². The molecule has 1 amide bonds. The van der Waals surface area contributed by atoms with Crippen molar-refractivity contribution in [1.29, 1.82) is 0 Å². The zero-order chi connectivity index (χ0) is 12.8. The Balaban J connectivity index is 0.00000180. The van der Waals surface area contributed by atoms with Crippen molar-refractivity contribution in [2.45, 2.75) is 18.9 Å². The van der Waals surface area contributed by atoms with Crippen molar-refractivity contribution in [1.82, 2.24) is 10.6 Å². The van der Waals surface area contributed by atoms with Crippen LogP contribution in [-0.2, 0) is 4.79 Å². The summed E-state index contributed by atoms with van der Waals surface area (Å²) in [6, 6.07) is 7.89. The molecule has 1 saturated heterocycles. The Labute approximate surface area is 127 Å². The number of rotatable bonds is 5. The lowest BCUT2D eigenvalue weighted by atomic mass is 10.2. The van der Waals surface area contributed by atoms with Gasteiger partial charge in [0.25, 0.3) is 0 Å². The van der Waals surface area contributed by atoms with Gasteiger partial charge >= 0.3 is 0 Å². The van der Waals surface area contributed by atoms with E-state index in [2.05, 4.69) is 26.6 Å². The molecule has 0 saturated carbocycles. The zero-order valence-corrected chi connectivity index (χ0v) is 12.9. The maximum absolute atomic E-state index is 11.6. The molecule has 0 aliphatic carbocycles. The average molecular weight is 350 g/mol. The summed E-state index contributed by atoms with van der Waals surface area (Å²) in [6.45, 7) is 2.26. The number of ether oxygens (including phenoxy) is 1. The highest BCUT2D eigenvalue weighted by Gasteiger charge is 2.16. The molecule has 1 unspecified atom stereocenters. The second-order valence-corrected chi connectivity index (χ2v) is 5.23. The Morgan fingerprint density at radius 2 is 2.37 bits per heavy atom. The molecule has 2 rings (SSSR count). The van der Waals surface area contributed by atoms with Crippen molar-refractivity contribution in [3.63, 3.8) is 0 Å². The minimum atomic E-state index is 0. The standard InChI is InChI=1S/C13H17BrN2O2.ClH/c14-10-2-1-3-12(8-10)18-7-5-13(17)16-11-4-6-15-9-11;/h1-3,8,11,15H,4-7,9H2,(H,16,17);1H. The second-order valence-electron chi connectivity index (χ2n) is 4.31. The van der Waals surface area contributed by atoms with Crippen LogP contribution in [0.15, 0.2) is 28.7 Å². The number of hydrogen-bond donors (Lipinski definition) is 2. The number of nitrogens with one attached hydrogen (secondary N) is 2. The molecule has 4 nitrogen and oxygen atoms in total. The Bertz CT molecular complexity index is 411. The topological polar surface area (TPSA) is 50.4 Å². The number of hydrogen-bond acceptors (Lipinski definition) is 3. The van der Waals surface area contributed by atoms with Crippen molar-refractivity contribution in [2.75, 3.05) is 19.7 Å². The summed E-state index contributed by atoms with van der Waals surface area (Å²) in [5, 5.41) is 6.20. The third-order valence-corrected chi connectivity index (χ3v) is 3.31. The summed E-state index contributed by atoms with van der Waals surface area (Å²) >= 11 is 3.38. The quantitative estimate of drug-likeness (QED) is 0.856. The molecule has 1 aromatic rings. The fraction of sp³-hybridized carbons (Fsp3) is 0.462. The van der Waals surface area contributed by atoms with Gasteiger partial charge < -0.3 is 15.4 Å². The lowest BCUT2D eigenvalue weighted by molar-refractivity contribution is -0.122. The Morgan fingerprint density at radius 3 is 3.05 bits per heavy atom. The summed E-state index contributed by atoms with van der Waals surface area (Å²) in [7, 11) is 0. The molecule has 2 N–H and O–H groups in total. The molecular formula is C13H18BrClN2O2.